The lowest BCUT2D eigenvalue weighted by atomic mass is 10.2. The van der Waals surface area contributed by atoms with Crippen molar-refractivity contribution in [3.8, 4) is 0 Å². The first-order chi connectivity index (χ1) is 14.8. The van der Waals surface area contributed by atoms with Crippen LogP contribution in [-0.2, 0) is 17.1 Å². The van der Waals surface area contributed by atoms with Gasteiger partial charge in [-0.3, -0.25) is 14.9 Å². The number of carbonyl (C=O) groups excluding carboxylic acids is 1. The Bertz CT molecular complexity index is 1100. The summed E-state index contributed by atoms with van der Waals surface area (Å²) in [5.41, 5.74) is 1.12. The number of rotatable bonds is 5. The molecule has 0 aliphatic carbocycles. The molecule has 0 bridgehead atoms. The zero-order chi connectivity index (χ0) is 22.2. The van der Waals surface area contributed by atoms with Gasteiger partial charge in [0.05, 0.1) is 4.92 Å². The maximum Gasteiger partial charge on any atom is 0.271 e. The highest BCUT2D eigenvalue weighted by molar-refractivity contribution is 7.89. The van der Waals surface area contributed by atoms with E-state index in [0.717, 1.165) is 18.5 Å². The Morgan fingerprint density at radius 3 is 2.35 bits per heavy atom. The summed E-state index contributed by atoms with van der Waals surface area (Å²) in [5.74, 6) is -0.218. The normalized spacial score (nSPS) is 17.8. The standard InChI is InChI=1S/C20H25N5O5S/c1-21-15-18(31(29,30)24-7-2-3-8-24)14-19(21)20(26)23-11-9-22(10-12-23)16-5-4-6-17(13-16)25(27)28/h4-6,13-15H,2-3,7-12H2,1H3. The van der Waals surface area contributed by atoms with Gasteiger partial charge in [0.15, 0.2) is 0 Å². The van der Waals surface area contributed by atoms with Crippen LogP contribution in [0.4, 0.5) is 11.4 Å². The molecule has 0 unspecified atom stereocenters. The summed E-state index contributed by atoms with van der Waals surface area (Å²) >= 11 is 0. The number of nitro benzene ring substituents is 1. The molecule has 2 aromatic rings. The van der Waals surface area contributed by atoms with Gasteiger partial charge >= 0.3 is 0 Å². The van der Waals surface area contributed by atoms with Gasteiger partial charge < -0.3 is 14.4 Å². The van der Waals surface area contributed by atoms with Crippen LogP contribution in [0.5, 0.6) is 0 Å². The van der Waals surface area contributed by atoms with Crippen LogP contribution >= 0.6 is 0 Å². The molecule has 2 saturated heterocycles. The van der Waals surface area contributed by atoms with Crippen LogP contribution < -0.4 is 4.90 Å². The van der Waals surface area contributed by atoms with Gasteiger partial charge in [-0.25, -0.2) is 8.42 Å². The molecule has 3 heterocycles. The van der Waals surface area contributed by atoms with Crippen LogP contribution in [0, 0.1) is 10.1 Å². The Morgan fingerprint density at radius 1 is 1.03 bits per heavy atom. The highest BCUT2D eigenvalue weighted by atomic mass is 32.2. The van der Waals surface area contributed by atoms with Crippen molar-refractivity contribution in [3.05, 3.63) is 52.3 Å². The zero-order valence-electron chi connectivity index (χ0n) is 17.3. The van der Waals surface area contributed by atoms with Crippen LogP contribution in [0.25, 0.3) is 0 Å². The summed E-state index contributed by atoms with van der Waals surface area (Å²) in [6.07, 6.45) is 3.21. The minimum absolute atomic E-state index is 0.0338. The van der Waals surface area contributed by atoms with Crippen molar-refractivity contribution in [3.63, 3.8) is 0 Å². The second kappa shape index (κ2) is 8.31. The van der Waals surface area contributed by atoms with E-state index in [4.69, 9.17) is 0 Å². The van der Waals surface area contributed by atoms with E-state index >= 15 is 0 Å². The van der Waals surface area contributed by atoms with E-state index in [1.165, 1.54) is 28.7 Å². The summed E-state index contributed by atoms with van der Waals surface area (Å²) in [5, 5.41) is 11.0. The third-order valence-electron chi connectivity index (χ3n) is 5.87. The van der Waals surface area contributed by atoms with E-state index in [1.807, 2.05) is 11.0 Å². The number of piperazine rings is 1. The topological polar surface area (TPSA) is 109 Å². The molecule has 4 rings (SSSR count). The van der Waals surface area contributed by atoms with Crippen molar-refractivity contribution in [2.24, 2.45) is 7.05 Å². The largest absolute Gasteiger partial charge is 0.368 e. The van der Waals surface area contributed by atoms with Crippen LogP contribution in [0.3, 0.4) is 0 Å². The van der Waals surface area contributed by atoms with Crippen molar-refractivity contribution >= 4 is 27.3 Å². The molecule has 0 atom stereocenters. The molecule has 2 aliphatic heterocycles. The lowest BCUT2D eigenvalue weighted by Gasteiger charge is -2.36. The average molecular weight is 448 g/mol. The fourth-order valence-corrected chi connectivity index (χ4v) is 5.69. The Hall–Kier alpha value is -2.92. The Kier molecular flexibility index (Phi) is 5.71. The molecule has 2 aliphatic rings. The fourth-order valence-electron chi connectivity index (χ4n) is 4.10. The van der Waals surface area contributed by atoms with E-state index in [0.29, 0.717) is 45.0 Å². The summed E-state index contributed by atoms with van der Waals surface area (Å²) in [7, 11) is -1.91. The molecule has 1 aromatic carbocycles. The number of nitro groups is 1. The monoisotopic (exact) mass is 447 g/mol. The third kappa shape index (κ3) is 4.15. The number of carbonyl (C=O) groups is 1. The number of amides is 1. The summed E-state index contributed by atoms with van der Waals surface area (Å²) in [6, 6.07) is 7.91. The first-order valence-corrected chi connectivity index (χ1v) is 11.7. The van der Waals surface area contributed by atoms with E-state index in [9.17, 15) is 23.3 Å². The Labute approximate surface area is 180 Å². The highest BCUT2D eigenvalue weighted by Crippen LogP contribution is 2.25. The van der Waals surface area contributed by atoms with Crippen molar-refractivity contribution in [2.45, 2.75) is 17.7 Å². The summed E-state index contributed by atoms with van der Waals surface area (Å²) in [6.45, 7) is 2.99. The Balaban J connectivity index is 1.45. The summed E-state index contributed by atoms with van der Waals surface area (Å²) < 4.78 is 28.6. The molecule has 0 N–H and O–H groups in total. The minimum Gasteiger partial charge on any atom is -0.368 e. The first kappa shape index (κ1) is 21.3. The van der Waals surface area contributed by atoms with E-state index in [-0.39, 0.29) is 16.5 Å². The molecule has 0 radical (unpaired) electrons. The number of hydrogen-bond acceptors (Lipinski definition) is 6. The predicted octanol–water partition coefficient (Wildman–Crippen LogP) is 1.68. The second-order valence-corrected chi connectivity index (χ2v) is 9.78. The second-order valence-electron chi connectivity index (χ2n) is 7.84. The van der Waals surface area contributed by atoms with Crippen LogP contribution in [0.2, 0.25) is 0 Å². The van der Waals surface area contributed by atoms with Crippen LogP contribution in [-0.4, -0.2) is 72.3 Å². The van der Waals surface area contributed by atoms with Gasteiger partial charge in [-0.2, -0.15) is 4.31 Å². The number of benzene rings is 1. The number of aryl methyl sites for hydroxylation is 1. The van der Waals surface area contributed by atoms with Crippen molar-refractivity contribution < 1.29 is 18.1 Å². The lowest BCUT2D eigenvalue weighted by Crippen LogP contribution is -2.49. The lowest BCUT2D eigenvalue weighted by molar-refractivity contribution is -0.384. The number of sulfonamides is 1. The maximum absolute atomic E-state index is 13.1. The van der Waals surface area contributed by atoms with E-state index in [1.54, 1.807) is 22.6 Å². The van der Waals surface area contributed by atoms with Gasteiger partial charge in [-0.05, 0) is 25.0 Å². The average Bonchev–Trinajstić information content (AvgIpc) is 3.44. The Morgan fingerprint density at radius 2 is 1.71 bits per heavy atom. The van der Waals surface area contributed by atoms with Gasteiger partial charge in [0.2, 0.25) is 10.0 Å². The van der Waals surface area contributed by atoms with Gasteiger partial charge in [-0.1, -0.05) is 6.07 Å². The molecule has 0 spiro atoms. The summed E-state index contributed by atoms with van der Waals surface area (Å²) in [4.78, 5) is 27.5. The van der Waals surface area contributed by atoms with E-state index in [2.05, 4.69) is 0 Å². The van der Waals surface area contributed by atoms with Crippen LogP contribution in [0.1, 0.15) is 23.3 Å². The number of hydrogen-bond donors (Lipinski definition) is 0. The molecule has 2 fully saturated rings. The predicted molar refractivity (Wildman–Crippen MR) is 115 cm³/mol. The molecular formula is C20H25N5O5S. The molecule has 10 nitrogen and oxygen atoms in total. The third-order valence-corrected chi connectivity index (χ3v) is 7.74. The number of anilines is 1. The first-order valence-electron chi connectivity index (χ1n) is 10.2. The molecule has 31 heavy (non-hydrogen) atoms. The quantitative estimate of drug-likeness (QED) is 0.510. The van der Waals surface area contributed by atoms with Gasteiger partial charge in [0, 0.05) is 70.3 Å². The number of nitrogens with zero attached hydrogens (tertiary/aromatic N) is 5. The maximum atomic E-state index is 13.1. The van der Waals surface area contributed by atoms with E-state index < -0.39 is 14.9 Å². The molecule has 0 saturated carbocycles. The minimum atomic E-state index is -3.58. The van der Waals surface area contributed by atoms with Gasteiger partial charge in [-0.15, -0.1) is 0 Å². The molecular weight excluding hydrogens is 422 g/mol. The van der Waals surface area contributed by atoms with Gasteiger partial charge in [0.1, 0.15) is 10.6 Å². The SMILES string of the molecule is Cn1cc(S(=O)(=O)N2CCCC2)cc1C(=O)N1CCN(c2cccc([N+](=O)[O-])c2)CC1. The van der Waals surface area contributed by atoms with Crippen LogP contribution in [0.15, 0.2) is 41.4 Å². The molecule has 1 amide bonds. The molecule has 1 aromatic heterocycles. The zero-order valence-corrected chi connectivity index (χ0v) is 18.1. The fraction of sp³-hybridized carbons (Fsp3) is 0.450. The van der Waals surface area contributed by atoms with Gasteiger partial charge in [0.25, 0.3) is 11.6 Å². The van der Waals surface area contributed by atoms with Crippen molar-refractivity contribution in [1.29, 1.82) is 0 Å². The highest BCUT2D eigenvalue weighted by Gasteiger charge is 2.31. The number of aromatic nitrogens is 1. The smallest absolute Gasteiger partial charge is 0.271 e. The van der Waals surface area contributed by atoms with Crippen molar-refractivity contribution in [1.82, 2.24) is 13.8 Å². The number of non-ortho nitro benzene ring substituents is 1. The van der Waals surface area contributed by atoms with Crippen molar-refractivity contribution in [2.75, 3.05) is 44.2 Å². The molecule has 166 valence electrons. The molecule has 11 heteroatoms.